The molecule has 0 saturated heterocycles. The van der Waals surface area contributed by atoms with Crippen LogP contribution in [0.25, 0.3) is 11.0 Å². The summed E-state index contributed by atoms with van der Waals surface area (Å²) in [6, 6.07) is 12.4. The number of rotatable bonds is 7. The highest BCUT2D eigenvalue weighted by Gasteiger charge is 2.14. The molecular weight excluding hydrogens is 360 g/mol. The van der Waals surface area contributed by atoms with Crippen LogP contribution in [0.4, 0.5) is 5.95 Å². The Hall–Kier alpha value is -3.55. The maximum absolute atomic E-state index is 12.3. The van der Waals surface area contributed by atoms with E-state index in [2.05, 4.69) is 15.6 Å². The van der Waals surface area contributed by atoms with Crippen molar-refractivity contribution in [1.29, 1.82) is 0 Å². The molecule has 8 heteroatoms. The number of ether oxygens (including phenoxy) is 2. The summed E-state index contributed by atoms with van der Waals surface area (Å²) >= 11 is 0. The number of para-hydroxylation sites is 2. The van der Waals surface area contributed by atoms with Gasteiger partial charge in [-0.2, -0.15) is 0 Å². The summed E-state index contributed by atoms with van der Waals surface area (Å²) in [5, 5.41) is 5.35. The lowest BCUT2D eigenvalue weighted by atomic mass is 10.2. The van der Waals surface area contributed by atoms with E-state index in [4.69, 9.17) is 9.47 Å². The first-order chi connectivity index (χ1) is 13.6. The zero-order chi connectivity index (χ0) is 20.1. The van der Waals surface area contributed by atoms with Crippen LogP contribution in [0.3, 0.4) is 0 Å². The molecule has 3 rings (SSSR count). The Balaban J connectivity index is 1.65. The predicted octanol–water partition coefficient (Wildman–Crippen LogP) is 2.44. The number of amides is 2. The number of methoxy groups -OCH3 is 2. The van der Waals surface area contributed by atoms with E-state index in [0.717, 1.165) is 11.0 Å². The average molecular weight is 382 g/mol. The molecule has 2 N–H and O–H groups in total. The van der Waals surface area contributed by atoms with Crippen molar-refractivity contribution in [2.24, 2.45) is 0 Å². The number of hydrogen-bond donors (Lipinski definition) is 2. The van der Waals surface area contributed by atoms with Gasteiger partial charge in [0.05, 0.1) is 31.8 Å². The third-order valence-corrected chi connectivity index (χ3v) is 4.28. The van der Waals surface area contributed by atoms with Crippen molar-refractivity contribution < 1.29 is 19.1 Å². The van der Waals surface area contributed by atoms with Gasteiger partial charge in [0.2, 0.25) is 11.9 Å². The number of nitrogens with zero attached hydrogens (tertiary/aromatic N) is 2. The quantitative estimate of drug-likeness (QED) is 0.655. The van der Waals surface area contributed by atoms with E-state index in [1.165, 1.54) is 14.2 Å². The first kappa shape index (κ1) is 19.2. The highest BCUT2D eigenvalue weighted by Crippen LogP contribution is 2.27. The molecule has 0 unspecified atom stereocenters. The summed E-state index contributed by atoms with van der Waals surface area (Å²) in [6.07, 6.45) is 0. The average Bonchev–Trinajstić information content (AvgIpc) is 3.08. The van der Waals surface area contributed by atoms with Crippen molar-refractivity contribution in [2.75, 3.05) is 26.1 Å². The number of carbonyl (C=O) groups is 2. The predicted molar refractivity (Wildman–Crippen MR) is 106 cm³/mol. The van der Waals surface area contributed by atoms with Gasteiger partial charge in [-0.05, 0) is 37.3 Å². The standard InChI is InChI=1S/C20H22N4O4/c1-4-24-15-8-6-5-7-14(15)22-20(24)23-18(25)12-21-19(26)13-9-10-16(27-2)17(11-13)28-3/h5-11H,4,12H2,1-3H3,(H,21,26)(H,22,23,25). The fourth-order valence-electron chi connectivity index (χ4n) is 2.90. The number of benzene rings is 2. The number of aryl methyl sites for hydroxylation is 1. The van der Waals surface area contributed by atoms with Crippen molar-refractivity contribution in [1.82, 2.24) is 14.9 Å². The molecule has 0 aliphatic carbocycles. The van der Waals surface area contributed by atoms with E-state index in [0.29, 0.717) is 29.6 Å². The first-order valence-corrected chi connectivity index (χ1v) is 8.82. The first-order valence-electron chi connectivity index (χ1n) is 8.82. The summed E-state index contributed by atoms with van der Waals surface area (Å²) in [7, 11) is 3.01. The van der Waals surface area contributed by atoms with Crippen molar-refractivity contribution in [3.05, 3.63) is 48.0 Å². The van der Waals surface area contributed by atoms with Gasteiger partial charge < -0.3 is 19.4 Å². The van der Waals surface area contributed by atoms with Gasteiger partial charge in [0, 0.05) is 12.1 Å². The minimum absolute atomic E-state index is 0.180. The number of aromatic nitrogens is 2. The van der Waals surface area contributed by atoms with E-state index in [1.807, 2.05) is 35.8 Å². The van der Waals surface area contributed by atoms with E-state index in [-0.39, 0.29) is 18.4 Å². The second-order valence-electron chi connectivity index (χ2n) is 5.97. The van der Waals surface area contributed by atoms with Gasteiger partial charge in [0.1, 0.15) is 0 Å². The van der Waals surface area contributed by atoms with Crippen molar-refractivity contribution in [2.45, 2.75) is 13.5 Å². The summed E-state index contributed by atoms with van der Waals surface area (Å²) in [5.41, 5.74) is 2.11. The molecule has 0 fully saturated rings. The van der Waals surface area contributed by atoms with Crippen LogP contribution in [0.5, 0.6) is 11.5 Å². The lowest BCUT2D eigenvalue weighted by Crippen LogP contribution is -2.33. The van der Waals surface area contributed by atoms with Crippen LogP contribution in [0.2, 0.25) is 0 Å². The van der Waals surface area contributed by atoms with Crippen LogP contribution in [-0.4, -0.2) is 42.1 Å². The number of nitrogens with one attached hydrogen (secondary N) is 2. The number of carbonyl (C=O) groups excluding carboxylic acids is 2. The molecule has 2 amide bonds. The molecule has 0 saturated carbocycles. The summed E-state index contributed by atoms with van der Waals surface area (Å²) in [6.45, 7) is 2.46. The molecule has 0 bridgehead atoms. The molecule has 1 heterocycles. The van der Waals surface area contributed by atoms with Gasteiger partial charge in [-0.1, -0.05) is 12.1 Å². The van der Waals surface area contributed by atoms with E-state index in [1.54, 1.807) is 18.2 Å². The molecule has 0 aliphatic rings. The Morgan fingerprint density at radius 1 is 1.07 bits per heavy atom. The van der Waals surface area contributed by atoms with Gasteiger partial charge in [-0.25, -0.2) is 4.98 Å². The molecule has 0 aliphatic heterocycles. The molecule has 0 radical (unpaired) electrons. The molecule has 8 nitrogen and oxygen atoms in total. The van der Waals surface area contributed by atoms with Gasteiger partial charge in [0.25, 0.3) is 5.91 Å². The monoisotopic (exact) mass is 382 g/mol. The Bertz CT molecular complexity index is 1010. The molecule has 1 aromatic heterocycles. The molecular formula is C20H22N4O4. The number of imidazole rings is 1. The number of hydrogen-bond acceptors (Lipinski definition) is 5. The topological polar surface area (TPSA) is 94.5 Å². The fourth-order valence-corrected chi connectivity index (χ4v) is 2.90. The van der Waals surface area contributed by atoms with Crippen molar-refractivity contribution in [3.8, 4) is 11.5 Å². The third-order valence-electron chi connectivity index (χ3n) is 4.28. The second-order valence-corrected chi connectivity index (χ2v) is 5.97. The van der Waals surface area contributed by atoms with Crippen LogP contribution in [0.1, 0.15) is 17.3 Å². The van der Waals surface area contributed by atoms with E-state index >= 15 is 0 Å². The van der Waals surface area contributed by atoms with Crippen molar-refractivity contribution in [3.63, 3.8) is 0 Å². The molecule has 3 aromatic rings. The van der Waals surface area contributed by atoms with Crippen LogP contribution in [0.15, 0.2) is 42.5 Å². The minimum atomic E-state index is -0.389. The Morgan fingerprint density at radius 3 is 2.54 bits per heavy atom. The normalized spacial score (nSPS) is 10.5. The lowest BCUT2D eigenvalue weighted by molar-refractivity contribution is -0.115. The maximum Gasteiger partial charge on any atom is 0.251 e. The van der Waals surface area contributed by atoms with Crippen LogP contribution >= 0.6 is 0 Å². The van der Waals surface area contributed by atoms with Gasteiger partial charge >= 0.3 is 0 Å². The zero-order valence-corrected chi connectivity index (χ0v) is 16.0. The Labute approximate surface area is 162 Å². The van der Waals surface area contributed by atoms with Gasteiger partial charge in [-0.3, -0.25) is 14.9 Å². The third kappa shape index (κ3) is 3.90. The van der Waals surface area contributed by atoms with Crippen molar-refractivity contribution >= 4 is 28.8 Å². The second kappa shape index (κ2) is 8.43. The van der Waals surface area contributed by atoms with Crippen LogP contribution < -0.4 is 20.1 Å². The Kier molecular flexibility index (Phi) is 5.78. The zero-order valence-electron chi connectivity index (χ0n) is 16.0. The smallest absolute Gasteiger partial charge is 0.251 e. The molecule has 0 atom stereocenters. The fraction of sp³-hybridized carbons (Fsp3) is 0.250. The Morgan fingerprint density at radius 2 is 1.82 bits per heavy atom. The maximum atomic E-state index is 12.3. The molecule has 146 valence electrons. The molecule has 28 heavy (non-hydrogen) atoms. The SMILES string of the molecule is CCn1c(NC(=O)CNC(=O)c2ccc(OC)c(OC)c2)nc2ccccc21. The largest absolute Gasteiger partial charge is 0.493 e. The minimum Gasteiger partial charge on any atom is -0.493 e. The van der Waals surface area contributed by atoms with Gasteiger partial charge in [-0.15, -0.1) is 0 Å². The highest BCUT2D eigenvalue weighted by molar-refractivity contribution is 5.99. The highest BCUT2D eigenvalue weighted by atomic mass is 16.5. The molecule has 2 aromatic carbocycles. The summed E-state index contributed by atoms with van der Waals surface area (Å²) in [5.74, 6) is 0.666. The summed E-state index contributed by atoms with van der Waals surface area (Å²) < 4.78 is 12.2. The van der Waals surface area contributed by atoms with Gasteiger partial charge in [0.15, 0.2) is 11.5 Å². The summed E-state index contributed by atoms with van der Waals surface area (Å²) in [4.78, 5) is 29.1. The van der Waals surface area contributed by atoms with Crippen LogP contribution in [0, 0.1) is 0 Å². The number of fused-ring (bicyclic) bond motifs is 1. The van der Waals surface area contributed by atoms with E-state index in [9.17, 15) is 9.59 Å². The van der Waals surface area contributed by atoms with Crippen LogP contribution in [-0.2, 0) is 11.3 Å². The molecule has 0 spiro atoms. The lowest BCUT2D eigenvalue weighted by Gasteiger charge is -2.10. The van der Waals surface area contributed by atoms with E-state index < -0.39 is 0 Å². The number of anilines is 1.